The Labute approximate surface area is 89.3 Å². The maximum atomic E-state index is 11.8. The molecule has 80 valence electrons. The topological polar surface area (TPSA) is 40.5 Å². The Morgan fingerprint density at radius 2 is 1.80 bits per heavy atom. The van der Waals surface area contributed by atoms with Gasteiger partial charge in [-0.3, -0.25) is 4.79 Å². The van der Waals surface area contributed by atoms with Crippen molar-refractivity contribution in [3.8, 4) is 0 Å². The predicted octanol–water partition coefficient (Wildman–Crippen LogP) is 1.34. The van der Waals surface area contributed by atoms with Crippen LogP contribution in [0.25, 0.3) is 0 Å². The maximum absolute atomic E-state index is 11.8. The summed E-state index contributed by atoms with van der Waals surface area (Å²) in [6, 6.07) is 9.08. The largest absolute Gasteiger partial charge is 0.378 e. The zero-order chi connectivity index (χ0) is 10.7. The number of aliphatic hydroxyl groups is 1. The third-order valence-corrected chi connectivity index (χ3v) is 2.77. The molecule has 1 amide bonds. The van der Waals surface area contributed by atoms with E-state index in [-0.39, 0.29) is 5.91 Å². The van der Waals surface area contributed by atoms with Gasteiger partial charge in [0.15, 0.2) is 6.10 Å². The fourth-order valence-corrected chi connectivity index (χ4v) is 1.89. The van der Waals surface area contributed by atoms with Crippen LogP contribution in [0.1, 0.15) is 24.5 Å². The molecule has 1 saturated heterocycles. The van der Waals surface area contributed by atoms with Gasteiger partial charge in [-0.25, -0.2) is 0 Å². The predicted molar refractivity (Wildman–Crippen MR) is 57.2 cm³/mol. The molecule has 1 aliphatic heterocycles. The van der Waals surface area contributed by atoms with Crippen LogP contribution in [-0.2, 0) is 4.79 Å². The molecule has 2 rings (SSSR count). The van der Waals surface area contributed by atoms with E-state index in [1.54, 1.807) is 17.0 Å². The summed E-state index contributed by atoms with van der Waals surface area (Å²) in [5.74, 6) is -0.168. The smallest absolute Gasteiger partial charge is 0.256 e. The summed E-state index contributed by atoms with van der Waals surface area (Å²) in [7, 11) is 0. The minimum atomic E-state index is -0.996. The number of hydrogen-bond donors (Lipinski definition) is 1. The molecule has 1 aromatic carbocycles. The second kappa shape index (κ2) is 4.45. The highest BCUT2D eigenvalue weighted by Crippen LogP contribution is 2.18. The van der Waals surface area contributed by atoms with Crippen molar-refractivity contribution in [3.05, 3.63) is 35.9 Å². The third kappa shape index (κ3) is 2.18. The molecular formula is C12H15NO2. The van der Waals surface area contributed by atoms with Gasteiger partial charge in [0.25, 0.3) is 5.91 Å². The van der Waals surface area contributed by atoms with Crippen molar-refractivity contribution >= 4 is 5.91 Å². The van der Waals surface area contributed by atoms with Crippen molar-refractivity contribution in [2.45, 2.75) is 18.9 Å². The van der Waals surface area contributed by atoms with Crippen molar-refractivity contribution in [1.82, 2.24) is 4.90 Å². The van der Waals surface area contributed by atoms with E-state index in [0.717, 1.165) is 25.9 Å². The van der Waals surface area contributed by atoms with Crippen LogP contribution >= 0.6 is 0 Å². The van der Waals surface area contributed by atoms with Gasteiger partial charge in [-0.2, -0.15) is 0 Å². The lowest BCUT2D eigenvalue weighted by molar-refractivity contribution is -0.139. The molecule has 1 aromatic rings. The Morgan fingerprint density at radius 1 is 1.20 bits per heavy atom. The summed E-state index contributed by atoms with van der Waals surface area (Å²) in [5.41, 5.74) is 0.675. The van der Waals surface area contributed by atoms with E-state index in [1.807, 2.05) is 18.2 Å². The van der Waals surface area contributed by atoms with E-state index >= 15 is 0 Å². The van der Waals surface area contributed by atoms with Crippen molar-refractivity contribution in [1.29, 1.82) is 0 Å². The Bertz CT molecular complexity index is 331. The average molecular weight is 205 g/mol. The van der Waals surface area contributed by atoms with Gasteiger partial charge in [0.2, 0.25) is 0 Å². The van der Waals surface area contributed by atoms with Crippen LogP contribution in [-0.4, -0.2) is 29.0 Å². The SMILES string of the molecule is O=C(C(O)c1ccccc1)N1CCCC1. The summed E-state index contributed by atoms with van der Waals surface area (Å²) in [4.78, 5) is 13.6. The van der Waals surface area contributed by atoms with E-state index in [9.17, 15) is 9.90 Å². The fourth-order valence-electron chi connectivity index (χ4n) is 1.89. The number of carbonyl (C=O) groups is 1. The number of likely N-dealkylation sites (tertiary alicyclic amines) is 1. The van der Waals surface area contributed by atoms with Gasteiger partial charge in [-0.15, -0.1) is 0 Å². The second-order valence-electron chi connectivity index (χ2n) is 3.85. The van der Waals surface area contributed by atoms with Gasteiger partial charge in [-0.1, -0.05) is 30.3 Å². The van der Waals surface area contributed by atoms with Gasteiger partial charge in [-0.05, 0) is 18.4 Å². The highest BCUT2D eigenvalue weighted by molar-refractivity contribution is 5.82. The number of hydrogen-bond acceptors (Lipinski definition) is 2. The summed E-state index contributed by atoms with van der Waals surface area (Å²) < 4.78 is 0. The first-order valence-corrected chi connectivity index (χ1v) is 5.31. The van der Waals surface area contributed by atoms with Gasteiger partial charge < -0.3 is 10.0 Å². The van der Waals surface area contributed by atoms with E-state index in [4.69, 9.17) is 0 Å². The average Bonchev–Trinajstić information content (AvgIpc) is 2.82. The van der Waals surface area contributed by atoms with Crippen LogP contribution < -0.4 is 0 Å². The molecule has 1 fully saturated rings. The standard InChI is InChI=1S/C12H15NO2/c14-11(10-6-2-1-3-7-10)12(15)13-8-4-5-9-13/h1-3,6-7,11,14H,4-5,8-9H2. The zero-order valence-corrected chi connectivity index (χ0v) is 8.60. The Balaban J connectivity index is 2.07. The molecule has 15 heavy (non-hydrogen) atoms. The molecule has 1 aliphatic rings. The minimum absolute atomic E-state index is 0.168. The molecule has 0 saturated carbocycles. The van der Waals surface area contributed by atoms with Crippen LogP contribution in [0.3, 0.4) is 0 Å². The van der Waals surface area contributed by atoms with Crippen molar-refractivity contribution < 1.29 is 9.90 Å². The molecule has 0 spiro atoms. The minimum Gasteiger partial charge on any atom is -0.378 e. The van der Waals surface area contributed by atoms with Crippen molar-refractivity contribution in [2.75, 3.05) is 13.1 Å². The number of nitrogens with zero attached hydrogens (tertiary/aromatic N) is 1. The van der Waals surface area contributed by atoms with Gasteiger partial charge >= 0.3 is 0 Å². The lowest BCUT2D eigenvalue weighted by Crippen LogP contribution is -2.32. The van der Waals surface area contributed by atoms with Crippen molar-refractivity contribution in [2.24, 2.45) is 0 Å². The Hall–Kier alpha value is -1.35. The lowest BCUT2D eigenvalue weighted by atomic mass is 10.1. The first-order chi connectivity index (χ1) is 7.29. The van der Waals surface area contributed by atoms with Crippen LogP contribution in [0.4, 0.5) is 0 Å². The zero-order valence-electron chi connectivity index (χ0n) is 8.60. The third-order valence-electron chi connectivity index (χ3n) is 2.77. The van der Waals surface area contributed by atoms with Gasteiger partial charge in [0.05, 0.1) is 0 Å². The molecule has 0 bridgehead atoms. The number of carbonyl (C=O) groups excluding carboxylic acids is 1. The monoisotopic (exact) mass is 205 g/mol. The number of amides is 1. The van der Waals surface area contributed by atoms with E-state index in [1.165, 1.54) is 0 Å². The number of rotatable bonds is 2. The highest BCUT2D eigenvalue weighted by Gasteiger charge is 2.25. The Kier molecular flexibility index (Phi) is 3.02. The first-order valence-electron chi connectivity index (χ1n) is 5.31. The van der Waals surface area contributed by atoms with E-state index in [2.05, 4.69) is 0 Å². The summed E-state index contributed by atoms with van der Waals surface area (Å²) in [6.07, 6.45) is 1.10. The second-order valence-corrected chi connectivity index (χ2v) is 3.85. The van der Waals surface area contributed by atoms with Crippen LogP contribution in [0, 0.1) is 0 Å². The highest BCUT2D eigenvalue weighted by atomic mass is 16.3. The van der Waals surface area contributed by atoms with E-state index < -0.39 is 6.10 Å². The van der Waals surface area contributed by atoms with Crippen molar-refractivity contribution in [3.63, 3.8) is 0 Å². The Morgan fingerprint density at radius 3 is 2.40 bits per heavy atom. The normalized spacial score (nSPS) is 17.8. The quantitative estimate of drug-likeness (QED) is 0.791. The van der Waals surface area contributed by atoms with Crippen LogP contribution in [0.15, 0.2) is 30.3 Å². The van der Waals surface area contributed by atoms with Crippen LogP contribution in [0.5, 0.6) is 0 Å². The molecule has 1 unspecified atom stereocenters. The molecule has 0 radical (unpaired) electrons. The summed E-state index contributed by atoms with van der Waals surface area (Å²) in [5, 5.41) is 9.86. The first kappa shape index (κ1) is 10.2. The molecule has 0 aliphatic carbocycles. The molecule has 0 aromatic heterocycles. The molecule has 1 atom stereocenters. The molecule has 1 N–H and O–H groups in total. The summed E-state index contributed by atoms with van der Waals surface area (Å²) in [6.45, 7) is 1.56. The molecule has 3 heteroatoms. The fraction of sp³-hybridized carbons (Fsp3) is 0.417. The molecule has 3 nitrogen and oxygen atoms in total. The number of benzene rings is 1. The number of aliphatic hydroxyl groups excluding tert-OH is 1. The lowest BCUT2D eigenvalue weighted by Gasteiger charge is -2.19. The van der Waals surface area contributed by atoms with Gasteiger partial charge in [0, 0.05) is 13.1 Å². The maximum Gasteiger partial charge on any atom is 0.256 e. The van der Waals surface area contributed by atoms with Gasteiger partial charge in [0.1, 0.15) is 0 Å². The summed E-state index contributed by atoms with van der Waals surface area (Å²) >= 11 is 0. The molecular weight excluding hydrogens is 190 g/mol. The van der Waals surface area contributed by atoms with E-state index in [0.29, 0.717) is 5.56 Å². The molecule has 1 heterocycles. The van der Waals surface area contributed by atoms with Crippen LogP contribution in [0.2, 0.25) is 0 Å².